The molecule has 0 aliphatic heterocycles. The molecular weight excluding hydrogens is 310 g/mol. The van der Waals surface area contributed by atoms with Gasteiger partial charge in [0, 0.05) is 18.3 Å². The highest BCUT2D eigenvalue weighted by molar-refractivity contribution is 5.52. The normalized spacial score (nSPS) is 9.16. The van der Waals surface area contributed by atoms with E-state index in [0.29, 0.717) is 5.82 Å². The molecule has 0 atom stereocenters. The third kappa shape index (κ3) is 8.42. The van der Waals surface area contributed by atoms with Crippen LogP contribution < -0.4 is 5.32 Å². The summed E-state index contributed by atoms with van der Waals surface area (Å²) in [5, 5.41) is 12.8. The fourth-order valence-corrected chi connectivity index (χ4v) is 1.95. The van der Waals surface area contributed by atoms with E-state index in [1.54, 1.807) is 13.8 Å². The van der Waals surface area contributed by atoms with Gasteiger partial charge in [-0.05, 0) is 39.0 Å². The Hall–Kier alpha value is -2.25. The summed E-state index contributed by atoms with van der Waals surface area (Å²) in [5.41, 5.74) is 2.25. The zero-order valence-corrected chi connectivity index (χ0v) is 17.3. The van der Waals surface area contributed by atoms with Gasteiger partial charge in [-0.15, -0.1) is 0 Å². The fraction of sp³-hybridized carbons (Fsp3) is 0.476. The Morgan fingerprint density at radius 1 is 1.04 bits per heavy atom. The highest BCUT2D eigenvalue weighted by Crippen LogP contribution is 2.26. The molecule has 2 N–H and O–H groups in total. The van der Waals surface area contributed by atoms with Crippen LogP contribution in [0.15, 0.2) is 36.4 Å². The molecule has 25 heavy (non-hydrogen) atoms. The first-order valence-corrected chi connectivity index (χ1v) is 8.80. The minimum absolute atomic E-state index is 0.701. The molecule has 2 rings (SSSR count). The maximum atomic E-state index is 9.76. The minimum atomic E-state index is -0.778. The first kappa shape index (κ1) is 25.0. The Kier molecular flexibility index (Phi) is 13.1. The maximum absolute atomic E-state index is 9.76. The molecule has 0 fully saturated rings. The number of aryl methyl sites for hydroxylation is 1. The Morgan fingerprint density at radius 3 is 1.84 bits per heavy atom. The number of hydrogen-bond acceptors (Lipinski definition) is 2. The quantitative estimate of drug-likeness (QED) is 0.666. The summed E-state index contributed by atoms with van der Waals surface area (Å²) in [7, 11) is 3.74. The van der Waals surface area contributed by atoms with Gasteiger partial charge in [0.05, 0.1) is 18.3 Å². The molecule has 140 valence electrons. The topological polar surface area (TPSA) is 41.5 Å². The second-order valence-corrected chi connectivity index (χ2v) is 5.36. The number of aromatic nitrogens is 1. The summed E-state index contributed by atoms with van der Waals surface area (Å²) in [4.78, 5) is 3.30. The number of benzene rings is 1. The highest BCUT2D eigenvalue weighted by atomic mass is 16.3. The molecule has 0 radical (unpaired) electrons. The van der Waals surface area contributed by atoms with Crippen molar-refractivity contribution in [3.63, 3.8) is 0 Å². The van der Waals surface area contributed by atoms with E-state index in [-0.39, 0.29) is 0 Å². The molecule has 1 aromatic heterocycles. The summed E-state index contributed by atoms with van der Waals surface area (Å²) in [6.45, 7) is 20.2. The lowest BCUT2D eigenvalue weighted by Crippen LogP contribution is -2.17. The van der Waals surface area contributed by atoms with Crippen LogP contribution in [0.5, 0.6) is 0 Å². The van der Waals surface area contributed by atoms with Crippen molar-refractivity contribution in [2.45, 2.75) is 54.1 Å². The molecule has 0 unspecified atom stereocenters. The second-order valence-electron chi connectivity index (χ2n) is 5.36. The molecular formula is C21H35N3O. The third-order valence-electron chi connectivity index (χ3n) is 3.32. The van der Waals surface area contributed by atoms with Crippen LogP contribution in [0.3, 0.4) is 0 Å². The van der Waals surface area contributed by atoms with Crippen molar-refractivity contribution in [2.24, 2.45) is 7.05 Å². The van der Waals surface area contributed by atoms with Crippen molar-refractivity contribution in [2.75, 3.05) is 12.4 Å². The first-order chi connectivity index (χ1) is 11.8. The average molecular weight is 346 g/mol. The summed E-state index contributed by atoms with van der Waals surface area (Å²) < 4.78 is 1.87. The van der Waals surface area contributed by atoms with Gasteiger partial charge in [0.1, 0.15) is 0 Å². The van der Waals surface area contributed by atoms with Crippen LogP contribution in [0, 0.1) is 13.5 Å². The van der Waals surface area contributed by atoms with Crippen molar-refractivity contribution < 1.29 is 5.11 Å². The van der Waals surface area contributed by atoms with Gasteiger partial charge in [-0.1, -0.05) is 52.5 Å². The predicted octanol–water partition coefficient (Wildman–Crippen LogP) is 5.89. The van der Waals surface area contributed by atoms with E-state index >= 15 is 0 Å². The number of aliphatic hydroxyl groups is 1. The third-order valence-corrected chi connectivity index (χ3v) is 3.32. The molecule has 0 spiro atoms. The van der Waals surface area contributed by atoms with Crippen LogP contribution in [0.1, 0.15) is 52.8 Å². The van der Waals surface area contributed by atoms with Crippen LogP contribution in [0.25, 0.3) is 4.85 Å². The number of rotatable bonds is 2. The Morgan fingerprint density at radius 2 is 1.56 bits per heavy atom. The predicted molar refractivity (Wildman–Crippen MR) is 110 cm³/mol. The largest absolute Gasteiger partial charge is 0.388 e. The van der Waals surface area contributed by atoms with E-state index in [9.17, 15) is 5.11 Å². The molecule has 4 nitrogen and oxygen atoms in total. The summed E-state index contributed by atoms with van der Waals surface area (Å²) in [6, 6.07) is 11.5. The molecule has 1 aromatic carbocycles. The minimum Gasteiger partial charge on any atom is -0.388 e. The van der Waals surface area contributed by atoms with E-state index in [1.165, 1.54) is 0 Å². The standard InChI is InChI=1S/C10H15NO.C7H8N2.2C2H6/c1-10(2,12)8-6-4-5-7-9(8)11-3;1-6-4-5-7(8-2)9(6)3;2*1-2/h4-7,11-12H,1-3H3;4-5H,1,3H3;2*1-2H3. The first-order valence-electron chi connectivity index (χ1n) is 8.80. The van der Waals surface area contributed by atoms with Crippen LogP contribution in [-0.2, 0) is 12.6 Å². The summed E-state index contributed by atoms with van der Waals surface area (Å²) in [6.07, 6.45) is 0. The van der Waals surface area contributed by atoms with E-state index in [0.717, 1.165) is 16.9 Å². The molecule has 4 heteroatoms. The van der Waals surface area contributed by atoms with Crippen molar-refractivity contribution in [3.8, 4) is 0 Å². The van der Waals surface area contributed by atoms with Crippen LogP contribution in [-0.4, -0.2) is 16.7 Å². The van der Waals surface area contributed by atoms with Gasteiger partial charge in [-0.3, -0.25) is 0 Å². The number of nitrogens with zero attached hydrogens (tertiary/aromatic N) is 2. The van der Waals surface area contributed by atoms with E-state index < -0.39 is 5.60 Å². The zero-order valence-electron chi connectivity index (χ0n) is 17.3. The summed E-state index contributed by atoms with van der Waals surface area (Å²) >= 11 is 0. The number of hydrogen-bond donors (Lipinski definition) is 2. The zero-order chi connectivity index (χ0) is 20.0. The van der Waals surface area contributed by atoms with Gasteiger partial charge in [0.15, 0.2) is 0 Å². The van der Waals surface area contributed by atoms with E-state index in [4.69, 9.17) is 6.57 Å². The molecule has 0 amide bonds. The Balaban J connectivity index is 0. The van der Waals surface area contributed by atoms with Gasteiger partial charge in [0.2, 0.25) is 5.82 Å². The number of anilines is 1. The van der Waals surface area contributed by atoms with Crippen molar-refractivity contribution in [1.82, 2.24) is 4.57 Å². The molecule has 0 bridgehead atoms. The fourth-order valence-electron chi connectivity index (χ4n) is 1.95. The molecule has 0 saturated heterocycles. The van der Waals surface area contributed by atoms with E-state index in [2.05, 4.69) is 10.2 Å². The lowest BCUT2D eigenvalue weighted by atomic mass is 9.97. The molecule has 2 aromatic rings. The molecule has 1 heterocycles. The second kappa shape index (κ2) is 13.1. The lowest BCUT2D eigenvalue weighted by molar-refractivity contribution is 0.0793. The maximum Gasteiger partial charge on any atom is 0.230 e. The molecule has 0 aliphatic rings. The Bertz CT molecular complexity index is 631. The van der Waals surface area contributed by atoms with Crippen molar-refractivity contribution in [3.05, 3.63) is 59.1 Å². The Labute approximate surface area is 154 Å². The van der Waals surface area contributed by atoms with Crippen molar-refractivity contribution in [1.29, 1.82) is 0 Å². The van der Waals surface area contributed by atoms with Gasteiger partial charge < -0.3 is 19.8 Å². The van der Waals surface area contributed by atoms with Crippen LogP contribution in [0.2, 0.25) is 0 Å². The van der Waals surface area contributed by atoms with Gasteiger partial charge >= 0.3 is 0 Å². The average Bonchev–Trinajstić information content (AvgIpc) is 2.96. The van der Waals surface area contributed by atoms with Crippen molar-refractivity contribution >= 4 is 11.5 Å². The SMILES string of the molecule is CC.CC.CNc1ccccc1C(C)(C)O.[C-]#[N+]c1ccc(C)n1C. The van der Waals surface area contributed by atoms with E-state index in [1.807, 2.05) is 89.7 Å². The smallest absolute Gasteiger partial charge is 0.230 e. The van der Waals surface area contributed by atoms with Gasteiger partial charge in [-0.2, -0.15) is 0 Å². The monoisotopic (exact) mass is 345 g/mol. The van der Waals surface area contributed by atoms with Crippen LogP contribution >= 0.6 is 0 Å². The number of nitrogens with one attached hydrogen (secondary N) is 1. The van der Waals surface area contributed by atoms with Gasteiger partial charge in [0.25, 0.3) is 0 Å². The van der Waals surface area contributed by atoms with Crippen LogP contribution in [0.4, 0.5) is 11.5 Å². The molecule has 0 aliphatic carbocycles. The number of para-hydroxylation sites is 1. The highest BCUT2D eigenvalue weighted by Gasteiger charge is 2.18. The van der Waals surface area contributed by atoms with Gasteiger partial charge in [-0.25, -0.2) is 0 Å². The summed E-state index contributed by atoms with van der Waals surface area (Å²) in [5.74, 6) is 0.701. The lowest BCUT2D eigenvalue weighted by Gasteiger charge is -2.21. The molecule has 0 saturated carbocycles.